The van der Waals surface area contributed by atoms with Crippen LogP contribution in [0.5, 0.6) is 5.75 Å². The van der Waals surface area contributed by atoms with Crippen molar-refractivity contribution in [3.8, 4) is 5.75 Å². The van der Waals surface area contributed by atoms with E-state index in [0.717, 1.165) is 0 Å². The van der Waals surface area contributed by atoms with Crippen LogP contribution in [0.3, 0.4) is 0 Å². The Morgan fingerprint density at radius 3 is 2.53 bits per heavy atom. The first-order valence-electron chi connectivity index (χ1n) is 3.85. The molecule has 0 heterocycles. The van der Waals surface area contributed by atoms with E-state index in [1.165, 1.54) is 19.1 Å². The number of rotatable bonds is 3. The fraction of sp³-hybridized carbons (Fsp3) is 0.222. The Hall–Kier alpha value is -0.333. The standard InChI is InChI=1S/C9H8Cl2O3.Li/c1-5(9(12)13)14-8-3-2-6(10)4-7(8)11;/h2-5H,1H3,(H,12,13);. The predicted molar refractivity (Wildman–Crippen MR) is 59.9 cm³/mol. The number of hydrogen-bond acceptors (Lipinski definition) is 2. The molecule has 0 saturated carbocycles. The third-order valence-corrected chi connectivity index (χ3v) is 2.08. The number of benzene rings is 1. The molecule has 0 aromatic heterocycles. The van der Waals surface area contributed by atoms with Crippen molar-refractivity contribution in [1.82, 2.24) is 0 Å². The molecule has 0 fully saturated rings. The van der Waals surface area contributed by atoms with Gasteiger partial charge in [0.2, 0.25) is 0 Å². The summed E-state index contributed by atoms with van der Waals surface area (Å²) in [7, 11) is 0. The van der Waals surface area contributed by atoms with Crippen molar-refractivity contribution < 1.29 is 14.6 Å². The van der Waals surface area contributed by atoms with Crippen molar-refractivity contribution in [3.63, 3.8) is 0 Å². The predicted octanol–water partition coefficient (Wildman–Crippen LogP) is 2.46. The minimum Gasteiger partial charge on any atom is -0.479 e. The summed E-state index contributed by atoms with van der Waals surface area (Å²) in [5.41, 5.74) is 0. The van der Waals surface area contributed by atoms with Crippen LogP contribution in [0.4, 0.5) is 0 Å². The zero-order valence-electron chi connectivity index (χ0n) is 8.33. The Labute approximate surface area is 109 Å². The average Bonchev–Trinajstić information content (AvgIpc) is 2.09. The fourth-order valence-corrected chi connectivity index (χ4v) is 1.26. The molecule has 1 rings (SSSR count). The molecule has 3 nitrogen and oxygen atoms in total. The fourth-order valence-electron chi connectivity index (χ4n) is 0.812. The minimum absolute atomic E-state index is 0. The molecule has 6 heteroatoms. The van der Waals surface area contributed by atoms with E-state index in [9.17, 15) is 4.79 Å². The third-order valence-electron chi connectivity index (χ3n) is 1.55. The Morgan fingerprint density at radius 2 is 2.07 bits per heavy atom. The molecule has 0 aliphatic heterocycles. The van der Waals surface area contributed by atoms with Crippen LogP contribution in [-0.4, -0.2) is 36.0 Å². The van der Waals surface area contributed by atoms with E-state index >= 15 is 0 Å². The van der Waals surface area contributed by atoms with Crippen LogP contribution < -0.4 is 4.74 Å². The first-order valence-corrected chi connectivity index (χ1v) is 4.61. The van der Waals surface area contributed by atoms with Crippen LogP contribution in [0, 0.1) is 0 Å². The smallest absolute Gasteiger partial charge is 0.344 e. The van der Waals surface area contributed by atoms with Crippen molar-refractivity contribution in [3.05, 3.63) is 28.2 Å². The maximum Gasteiger partial charge on any atom is 0.344 e. The van der Waals surface area contributed by atoms with Crippen molar-refractivity contribution in [2.45, 2.75) is 13.0 Å². The normalized spacial score (nSPS) is 11.4. The van der Waals surface area contributed by atoms with Crippen LogP contribution in [0.1, 0.15) is 6.92 Å². The maximum absolute atomic E-state index is 10.5. The number of carboxylic acid groups (broad SMARTS) is 1. The number of halogens is 2. The summed E-state index contributed by atoms with van der Waals surface area (Å²) in [6.45, 7) is 1.42. The third kappa shape index (κ3) is 4.36. The maximum atomic E-state index is 10.5. The van der Waals surface area contributed by atoms with E-state index in [-0.39, 0.29) is 18.9 Å². The number of hydrogen-bond donors (Lipinski definition) is 1. The summed E-state index contributed by atoms with van der Waals surface area (Å²) in [6, 6.07) is 4.61. The molecule has 1 aromatic rings. The summed E-state index contributed by atoms with van der Waals surface area (Å²) in [4.78, 5) is 10.5. The second-order valence-corrected chi connectivity index (χ2v) is 3.52. The number of carbonyl (C=O) groups is 1. The van der Waals surface area contributed by atoms with Gasteiger partial charge in [-0.2, -0.15) is 0 Å². The molecule has 0 aliphatic carbocycles. The number of ether oxygens (including phenoxy) is 1. The quantitative estimate of drug-likeness (QED) is 0.828. The summed E-state index contributed by atoms with van der Waals surface area (Å²) in [5.74, 6) is -0.734. The number of aliphatic carboxylic acids is 1. The zero-order valence-corrected chi connectivity index (χ0v) is 9.84. The minimum atomic E-state index is -1.05. The molecular formula is C9H8Cl2LiO3. The topological polar surface area (TPSA) is 46.5 Å². The first-order chi connectivity index (χ1) is 6.50. The molecular weight excluding hydrogens is 234 g/mol. The van der Waals surface area contributed by atoms with Gasteiger partial charge in [-0.25, -0.2) is 4.79 Å². The van der Waals surface area contributed by atoms with E-state index in [2.05, 4.69) is 0 Å². The molecule has 0 spiro atoms. The van der Waals surface area contributed by atoms with Gasteiger partial charge in [0.15, 0.2) is 6.10 Å². The van der Waals surface area contributed by atoms with Crippen molar-refractivity contribution in [2.75, 3.05) is 0 Å². The number of carboxylic acids is 1. The van der Waals surface area contributed by atoms with E-state index in [1.807, 2.05) is 0 Å². The molecule has 1 aromatic carbocycles. The van der Waals surface area contributed by atoms with Gasteiger partial charge in [-0.3, -0.25) is 0 Å². The van der Waals surface area contributed by atoms with Crippen molar-refractivity contribution >= 4 is 48.0 Å². The van der Waals surface area contributed by atoms with Crippen molar-refractivity contribution in [1.29, 1.82) is 0 Å². The molecule has 0 bridgehead atoms. The van der Waals surface area contributed by atoms with Gasteiger partial charge >= 0.3 is 5.97 Å². The average molecular weight is 242 g/mol. The van der Waals surface area contributed by atoms with Gasteiger partial charge in [-0.15, -0.1) is 0 Å². The van der Waals surface area contributed by atoms with E-state index in [1.54, 1.807) is 6.07 Å². The molecule has 0 aliphatic rings. The molecule has 77 valence electrons. The van der Waals surface area contributed by atoms with Gasteiger partial charge in [0.1, 0.15) is 5.75 Å². The van der Waals surface area contributed by atoms with Gasteiger partial charge in [0.05, 0.1) is 5.02 Å². The molecule has 1 radical (unpaired) electrons. The summed E-state index contributed by atoms with van der Waals surface area (Å²) in [5, 5.41) is 9.37. The Bertz CT molecular complexity index is 357. The molecule has 1 unspecified atom stereocenters. The monoisotopic (exact) mass is 241 g/mol. The first kappa shape index (κ1) is 14.7. The molecule has 15 heavy (non-hydrogen) atoms. The molecule has 0 amide bonds. The molecule has 1 N–H and O–H groups in total. The van der Waals surface area contributed by atoms with Gasteiger partial charge in [0, 0.05) is 23.9 Å². The SMILES string of the molecule is CC(Oc1ccc(Cl)cc1Cl)C(=O)O.[Li]. The summed E-state index contributed by atoms with van der Waals surface area (Å²) >= 11 is 11.4. The van der Waals surface area contributed by atoms with Crippen molar-refractivity contribution in [2.24, 2.45) is 0 Å². The summed E-state index contributed by atoms with van der Waals surface area (Å²) in [6.07, 6.45) is -0.936. The Morgan fingerprint density at radius 1 is 1.47 bits per heavy atom. The van der Waals surface area contributed by atoms with Gasteiger partial charge < -0.3 is 9.84 Å². The second-order valence-electron chi connectivity index (χ2n) is 2.67. The summed E-state index contributed by atoms with van der Waals surface area (Å²) < 4.78 is 5.07. The van der Waals surface area contributed by atoms with E-state index < -0.39 is 12.1 Å². The molecule has 0 saturated heterocycles. The van der Waals surface area contributed by atoms with Gasteiger partial charge in [0.25, 0.3) is 0 Å². The van der Waals surface area contributed by atoms with Crippen LogP contribution >= 0.6 is 23.2 Å². The van der Waals surface area contributed by atoms with E-state index in [4.69, 9.17) is 33.0 Å². The van der Waals surface area contributed by atoms with Gasteiger partial charge in [-0.1, -0.05) is 23.2 Å². The van der Waals surface area contributed by atoms with Crippen LogP contribution in [0.15, 0.2) is 18.2 Å². The second kappa shape index (κ2) is 6.29. The molecule has 1 atom stereocenters. The zero-order chi connectivity index (χ0) is 10.7. The van der Waals surface area contributed by atoms with Crippen LogP contribution in [0.25, 0.3) is 0 Å². The Balaban J connectivity index is 0.00000196. The van der Waals surface area contributed by atoms with Crippen LogP contribution in [-0.2, 0) is 4.79 Å². The van der Waals surface area contributed by atoms with E-state index in [0.29, 0.717) is 15.8 Å². The van der Waals surface area contributed by atoms with Crippen LogP contribution in [0.2, 0.25) is 10.0 Å². The van der Waals surface area contributed by atoms with Gasteiger partial charge in [-0.05, 0) is 25.1 Å². The Kier molecular flexibility index (Phi) is 6.15. The largest absolute Gasteiger partial charge is 0.479 e.